The number of carbonyl (C=O) groups excluding carboxylic acids is 1. The number of benzene rings is 1. The van der Waals surface area contributed by atoms with Crippen molar-refractivity contribution in [3.8, 4) is 0 Å². The van der Waals surface area contributed by atoms with Gasteiger partial charge in [-0.05, 0) is 11.6 Å². The van der Waals surface area contributed by atoms with Gasteiger partial charge in [-0.2, -0.15) is 13.2 Å². The number of allylic oxidation sites excluding steroid dienone is 1. The standard InChI is InChI=1S/C10H7F3O/c11-10(12,13)9(7-14)6-8-4-2-1-3-5-8/h1-7H/b9-6-. The molecular formula is C10H7F3O. The van der Waals surface area contributed by atoms with Gasteiger partial charge in [-0.3, -0.25) is 4.79 Å². The summed E-state index contributed by atoms with van der Waals surface area (Å²) in [6, 6.07) is 7.88. The molecule has 0 aliphatic carbocycles. The van der Waals surface area contributed by atoms with E-state index in [4.69, 9.17) is 0 Å². The van der Waals surface area contributed by atoms with E-state index in [0.29, 0.717) is 5.56 Å². The molecule has 0 amide bonds. The van der Waals surface area contributed by atoms with Crippen LogP contribution < -0.4 is 0 Å². The highest BCUT2D eigenvalue weighted by molar-refractivity contribution is 5.83. The van der Waals surface area contributed by atoms with Crippen LogP contribution in [0.25, 0.3) is 6.08 Å². The molecule has 0 aromatic heterocycles. The number of halogens is 3. The van der Waals surface area contributed by atoms with Gasteiger partial charge in [0.15, 0.2) is 6.29 Å². The van der Waals surface area contributed by atoms with Crippen molar-refractivity contribution in [2.24, 2.45) is 0 Å². The molecule has 0 saturated heterocycles. The van der Waals surface area contributed by atoms with E-state index < -0.39 is 11.7 Å². The van der Waals surface area contributed by atoms with Crippen LogP contribution in [-0.4, -0.2) is 12.5 Å². The average molecular weight is 200 g/mol. The summed E-state index contributed by atoms with van der Waals surface area (Å²) < 4.78 is 36.3. The molecule has 0 fully saturated rings. The van der Waals surface area contributed by atoms with Crippen molar-refractivity contribution in [3.63, 3.8) is 0 Å². The van der Waals surface area contributed by atoms with Gasteiger partial charge in [0.25, 0.3) is 0 Å². The zero-order valence-corrected chi connectivity index (χ0v) is 7.08. The van der Waals surface area contributed by atoms with E-state index in [-0.39, 0.29) is 6.29 Å². The highest BCUT2D eigenvalue weighted by Gasteiger charge is 2.33. The molecule has 0 radical (unpaired) electrons. The minimum Gasteiger partial charge on any atom is -0.298 e. The highest BCUT2D eigenvalue weighted by Crippen LogP contribution is 2.25. The Morgan fingerprint density at radius 2 is 1.71 bits per heavy atom. The maximum Gasteiger partial charge on any atom is 0.419 e. The van der Waals surface area contributed by atoms with Crippen molar-refractivity contribution in [2.75, 3.05) is 0 Å². The van der Waals surface area contributed by atoms with Crippen molar-refractivity contribution in [1.29, 1.82) is 0 Å². The topological polar surface area (TPSA) is 17.1 Å². The van der Waals surface area contributed by atoms with E-state index in [1.54, 1.807) is 18.2 Å². The molecule has 0 saturated carbocycles. The monoisotopic (exact) mass is 200 g/mol. The average Bonchev–Trinajstić information content (AvgIpc) is 2.14. The predicted molar refractivity (Wildman–Crippen MR) is 46.5 cm³/mol. The first-order valence-electron chi connectivity index (χ1n) is 3.83. The van der Waals surface area contributed by atoms with Gasteiger partial charge in [0, 0.05) is 0 Å². The van der Waals surface area contributed by atoms with Crippen LogP contribution in [0, 0.1) is 0 Å². The predicted octanol–water partition coefficient (Wildman–Crippen LogP) is 2.83. The van der Waals surface area contributed by atoms with Gasteiger partial charge < -0.3 is 0 Å². The van der Waals surface area contributed by atoms with Gasteiger partial charge >= 0.3 is 6.18 Å². The molecule has 1 aromatic rings. The van der Waals surface area contributed by atoms with Crippen molar-refractivity contribution in [2.45, 2.75) is 6.18 Å². The Hall–Kier alpha value is -1.58. The van der Waals surface area contributed by atoms with Crippen LogP contribution in [-0.2, 0) is 4.79 Å². The maximum atomic E-state index is 12.1. The van der Waals surface area contributed by atoms with E-state index >= 15 is 0 Å². The van der Waals surface area contributed by atoms with Crippen LogP contribution in [0.4, 0.5) is 13.2 Å². The second-order valence-electron chi connectivity index (χ2n) is 2.63. The summed E-state index contributed by atoms with van der Waals surface area (Å²) in [5, 5.41) is 0. The van der Waals surface area contributed by atoms with Crippen molar-refractivity contribution in [1.82, 2.24) is 0 Å². The summed E-state index contributed by atoms with van der Waals surface area (Å²) in [5.74, 6) is 0. The molecule has 0 N–H and O–H groups in total. The van der Waals surface area contributed by atoms with Gasteiger partial charge in [0.05, 0.1) is 5.57 Å². The largest absolute Gasteiger partial charge is 0.419 e. The van der Waals surface area contributed by atoms with E-state index in [2.05, 4.69) is 0 Å². The molecule has 1 nitrogen and oxygen atoms in total. The van der Waals surface area contributed by atoms with Gasteiger partial charge in [-0.25, -0.2) is 0 Å². The van der Waals surface area contributed by atoms with Gasteiger partial charge in [-0.15, -0.1) is 0 Å². The fourth-order valence-corrected chi connectivity index (χ4v) is 0.911. The second-order valence-corrected chi connectivity index (χ2v) is 2.63. The first kappa shape index (κ1) is 10.5. The third kappa shape index (κ3) is 2.73. The Balaban J connectivity index is 3.02. The molecule has 0 unspecified atom stereocenters. The summed E-state index contributed by atoms with van der Waals surface area (Å²) in [5.41, 5.74) is -0.823. The minimum absolute atomic E-state index is 0.188. The van der Waals surface area contributed by atoms with E-state index in [0.717, 1.165) is 6.08 Å². The third-order valence-electron chi connectivity index (χ3n) is 1.58. The van der Waals surface area contributed by atoms with Crippen LogP contribution >= 0.6 is 0 Å². The number of hydrogen-bond acceptors (Lipinski definition) is 1. The minimum atomic E-state index is -4.59. The fourth-order valence-electron chi connectivity index (χ4n) is 0.911. The number of carbonyl (C=O) groups is 1. The Morgan fingerprint density at radius 3 is 2.14 bits per heavy atom. The fraction of sp³-hybridized carbons (Fsp3) is 0.100. The van der Waals surface area contributed by atoms with E-state index in [1.807, 2.05) is 0 Å². The normalized spacial score (nSPS) is 12.6. The highest BCUT2D eigenvalue weighted by atomic mass is 19.4. The van der Waals surface area contributed by atoms with Crippen molar-refractivity contribution in [3.05, 3.63) is 41.5 Å². The molecule has 0 aliphatic heterocycles. The molecule has 0 spiro atoms. The molecule has 0 aliphatic rings. The summed E-state index contributed by atoms with van der Waals surface area (Å²) in [4.78, 5) is 10.2. The quantitative estimate of drug-likeness (QED) is 0.530. The molecule has 14 heavy (non-hydrogen) atoms. The van der Waals surface area contributed by atoms with Crippen molar-refractivity contribution < 1.29 is 18.0 Å². The zero-order valence-electron chi connectivity index (χ0n) is 7.08. The Bertz CT molecular complexity index is 338. The number of alkyl halides is 3. The molecular weight excluding hydrogens is 193 g/mol. The third-order valence-corrected chi connectivity index (χ3v) is 1.58. The first-order valence-corrected chi connectivity index (χ1v) is 3.83. The molecule has 0 heterocycles. The Morgan fingerprint density at radius 1 is 1.14 bits per heavy atom. The van der Waals surface area contributed by atoms with E-state index in [9.17, 15) is 18.0 Å². The molecule has 0 bridgehead atoms. The molecule has 74 valence electrons. The summed E-state index contributed by atoms with van der Waals surface area (Å²) in [7, 11) is 0. The second kappa shape index (κ2) is 4.09. The lowest BCUT2D eigenvalue weighted by molar-refractivity contribution is -0.118. The van der Waals surface area contributed by atoms with Gasteiger partial charge in [0.2, 0.25) is 0 Å². The van der Waals surface area contributed by atoms with Crippen LogP contribution in [0.1, 0.15) is 5.56 Å². The summed E-state index contributed by atoms with van der Waals surface area (Å²) >= 11 is 0. The lowest BCUT2D eigenvalue weighted by atomic mass is 10.1. The number of aldehydes is 1. The molecule has 1 rings (SSSR count). The van der Waals surface area contributed by atoms with Crippen LogP contribution in [0.3, 0.4) is 0 Å². The molecule has 0 atom stereocenters. The Kier molecular flexibility index (Phi) is 3.06. The van der Waals surface area contributed by atoms with Gasteiger partial charge in [0.1, 0.15) is 0 Å². The molecule has 4 heteroatoms. The lowest BCUT2D eigenvalue weighted by Gasteiger charge is -2.04. The maximum absolute atomic E-state index is 12.1. The van der Waals surface area contributed by atoms with Gasteiger partial charge in [-0.1, -0.05) is 30.3 Å². The van der Waals surface area contributed by atoms with Crippen molar-refractivity contribution >= 4 is 12.4 Å². The molecule has 1 aromatic carbocycles. The van der Waals surface area contributed by atoms with Crippen LogP contribution in [0.15, 0.2) is 35.9 Å². The smallest absolute Gasteiger partial charge is 0.298 e. The van der Waals surface area contributed by atoms with E-state index in [1.165, 1.54) is 12.1 Å². The van der Waals surface area contributed by atoms with Crippen LogP contribution in [0.2, 0.25) is 0 Å². The first-order chi connectivity index (χ1) is 6.54. The lowest BCUT2D eigenvalue weighted by Crippen LogP contribution is -2.12. The SMILES string of the molecule is O=C/C(=C/c1ccccc1)C(F)(F)F. The summed E-state index contributed by atoms with van der Waals surface area (Å²) in [6.07, 6.45) is -3.96. The summed E-state index contributed by atoms with van der Waals surface area (Å²) in [6.45, 7) is 0. The zero-order chi connectivity index (χ0) is 10.6. The number of hydrogen-bond donors (Lipinski definition) is 0. The number of rotatable bonds is 2. The van der Waals surface area contributed by atoms with Crippen LogP contribution in [0.5, 0.6) is 0 Å². The Labute approximate surface area is 78.9 Å².